The first kappa shape index (κ1) is 17.5. The van der Waals surface area contributed by atoms with Gasteiger partial charge in [-0.2, -0.15) is 0 Å². The van der Waals surface area contributed by atoms with Gasteiger partial charge in [-0.05, 0) is 24.3 Å². The van der Waals surface area contributed by atoms with Crippen molar-refractivity contribution in [3.63, 3.8) is 0 Å². The minimum absolute atomic E-state index is 0.00606. The number of rotatable bonds is 6. The van der Waals surface area contributed by atoms with Crippen LogP contribution in [0.1, 0.15) is 20.8 Å². The number of nitrogens with zero attached hydrogens (tertiary/aromatic N) is 3. The largest absolute Gasteiger partial charge is 0.351 e. The molecule has 1 atom stereocenters. The number of urea groups is 1. The Balaban J connectivity index is 2.27. The van der Waals surface area contributed by atoms with Gasteiger partial charge in [-0.15, -0.1) is 21.5 Å². The fraction of sp³-hybridized carbons (Fsp3) is 0.429. The Kier molecular flexibility index (Phi) is 5.78. The van der Waals surface area contributed by atoms with E-state index in [1.807, 2.05) is 42.9 Å². The maximum atomic E-state index is 12.1. The summed E-state index contributed by atoms with van der Waals surface area (Å²) in [6, 6.07) is 3.09. The minimum atomic E-state index is -0.850. The van der Waals surface area contributed by atoms with Crippen LogP contribution in [0.4, 0.5) is 4.79 Å². The molecule has 7 nitrogen and oxygen atoms in total. The Morgan fingerprint density at radius 3 is 2.70 bits per heavy atom. The summed E-state index contributed by atoms with van der Waals surface area (Å²) in [5.74, 6) is 0.371. The zero-order valence-electron chi connectivity index (χ0n) is 13.1. The van der Waals surface area contributed by atoms with Gasteiger partial charge in [0.05, 0.1) is 10.1 Å². The van der Waals surface area contributed by atoms with Crippen molar-refractivity contribution in [3.05, 3.63) is 17.5 Å². The van der Waals surface area contributed by atoms with Gasteiger partial charge in [-0.1, -0.05) is 31.7 Å². The van der Waals surface area contributed by atoms with E-state index in [-0.39, 0.29) is 5.92 Å². The monoisotopic (exact) mass is 353 g/mol. The van der Waals surface area contributed by atoms with Crippen LogP contribution in [0.2, 0.25) is 0 Å². The number of primary amides is 1. The average Bonchev–Trinajstić information content (AvgIpc) is 3.11. The number of hydrogen-bond acceptors (Lipinski definition) is 6. The predicted molar refractivity (Wildman–Crippen MR) is 91.2 cm³/mol. The summed E-state index contributed by atoms with van der Waals surface area (Å²) in [5.41, 5.74) is 5.04. The predicted octanol–water partition coefficient (Wildman–Crippen LogP) is 2.34. The van der Waals surface area contributed by atoms with E-state index in [0.717, 1.165) is 10.7 Å². The molecule has 9 heteroatoms. The summed E-state index contributed by atoms with van der Waals surface area (Å²) < 4.78 is 1.96. The van der Waals surface area contributed by atoms with Crippen LogP contribution in [0.5, 0.6) is 0 Å². The smallest absolute Gasteiger partial charge is 0.318 e. The summed E-state index contributed by atoms with van der Waals surface area (Å²) in [6.07, 6.45) is 0. The number of carbonyl (C=O) groups is 2. The average molecular weight is 353 g/mol. The molecule has 0 aromatic carbocycles. The van der Waals surface area contributed by atoms with Crippen LogP contribution in [0.25, 0.3) is 10.7 Å². The van der Waals surface area contributed by atoms with Crippen LogP contribution < -0.4 is 11.1 Å². The molecule has 0 aliphatic rings. The molecule has 0 spiro atoms. The van der Waals surface area contributed by atoms with Crippen molar-refractivity contribution < 1.29 is 9.59 Å². The maximum Gasteiger partial charge on any atom is 0.318 e. The second-order valence-electron chi connectivity index (χ2n) is 5.16. The maximum absolute atomic E-state index is 12.1. The van der Waals surface area contributed by atoms with E-state index in [1.54, 1.807) is 11.3 Å². The lowest BCUT2D eigenvalue weighted by Crippen LogP contribution is -2.42. The van der Waals surface area contributed by atoms with Gasteiger partial charge < -0.3 is 10.3 Å². The molecule has 2 heterocycles. The molecule has 23 heavy (non-hydrogen) atoms. The summed E-state index contributed by atoms with van der Waals surface area (Å²) >= 11 is 2.88. The molecule has 0 saturated heterocycles. The zero-order valence-corrected chi connectivity index (χ0v) is 14.8. The van der Waals surface area contributed by atoms with Crippen molar-refractivity contribution >= 4 is 35.0 Å². The standard InChI is InChI=1S/C14H19N5O2S2/c1-4-19-11(9-6-5-7-22-9)17-18-14(19)23-10(8(2)3)12(20)16-13(15)21/h5-8,10H,4H2,1-3H3,(H3,15,16,20,21)/t10-/m0/s1. The van der Waals surface area contributed by atoms with Crippen LogP contribution in [-0.2, 0) is 11.3 Å². The number of imide groups is 1. The molecule has 0 aliphatic heterocycles. The molecular weight excluding hydrogens is 334 g/mol. The van der Waals surface area contributed by atoms with Crippen LogP contribution >= 0.6 is 23.1 Å². The number of carbonyl (C=O) groups excluding carboxylic acids is 2. The third kappa shape index (κ3) is 4.11. The molecule has 3 N–H and O–H groups in total. The molecule has 2 rings (SSSR count). The molecule has 0 fully saturated rings. The van der Waals surface area contributed by atoms with Gasteiger partial charge in [0, 0.05) is 6.54 Å². The highest BCUT2D eigenvalue weighted by Crippen LogP contribution is 2.31. The van der Waals surface area contributed by atoms with Crippen molar-refractivity contribution in [1.29, 1.82) is 0 Å². The Morgan fingerprint density at radius 2 is 2.17 bits per heavy atom. The number of aromatic nitrogens is 3. The van der Waals surface area contributed by atoms with Gasteiger partial charge in [0.25, 0.3) is 0 Å². The van der Waals surface area contributed by atoms with Crippen molar-refractivity contribution in [2.24, 2.45) is 11.7 Å². The van der Waals surface area contributed by atoms with Crippen molar-refractivity contribution in [3.8, 4) is 10.7 Å². The molecule has 0 unspecified atom stereocenters. The van der Waals surface area contributed by atoms with E-state index in [1.165, 1.54) is 11.8 Å². The SMILES string of the molecule is CCn1c(S[C@H](C(=O)NC(N)=O)C(C)C)nnc1-c1cccs1. The van der Waals surface area contributed by atoms with Crippen LogP contribution in [0.15, 0.2) is 22.7 Å². The summed E-state index contributed by atoms with van der Waals surface area (Å²) in [4.78, 5) is 24.1. The first-order valence-corrected chi connectivity index (χ1v) is 8.94. The van der Waals surface area contributed by atoms with E-state index in [4.69, 9.17) is 5.73 Å². The van der Waals surface area contributed by atoms with Crippen molar-refractivity contribution in [1.82, 2.24) is 20.1 Å². The third-order valence-electron chi connectivity index (χ3n) is 3.12. The Hall–Kier alpha value is -1.87. The first-order valence-electron chi connectivity index (χ1n) is 7.18. The van der Waals surface area contributed by atoms with Gasteiger partial charge in [0.2, 0.25) is 5.91 Å². The van der Waals surface area contributed by atoms with Crippen LogP contribution in [0.3, 0.4) is 0 Å². The minimum Gasteiger partial charge on any atom is -0.351 e. The Bertz CT molecular complexity index is 681. The van der Waals surface area contributed by atoms with Crippen LogP contribution in [0, 0.1) is 5.92 Å². The molecule has 0 saturated carbocycles. The topological polar surface area (TPSA) is 103 Å². The quantitative estimate of drug-likeness (QED) is 0.776. The lowest BCUT2D eigenvalue weighted by atomic mass is 10.1. The number of hydrogen-bond donors (Lipinski definition) is 2. The number of nitrogens with two attached hydrogens (primary N) is 1. The molecule has 0 radical (unpaired) electrons. The van der Waals surface area contributed by atoms with Crippen molar-refractivity contribution in [2.75, 3.05) is 0 Å². The molecule has 2 aromatic rings. The number of thiophene rings is 1. The van der Waals surface area contributed by atoms with E-state index < -0.39 is 17.2 Å². The molecule has 0 bridgehead atoms. The molecule has 124 valence electrons. The van der Waals surface area contributed by atoms with E-state index >= 15 is 0 Å². The summed E-state index contributed by atoms with van der Waals surface area (Å²) in [7, 11) is 0. The molecule has 0 aliphatic carbocycles. The molecule has 2 aromatic heterocycles. The van der Waals surface area contributed by atoms with E-state index in [9.17, 15) is 9.59 Å². The van der Waals surface area contributed by atoms with Gasteiger partial charge in [0.1, 0.15) is 0 Å². The van der Waals surface area contributed by atoms with Gasteiger partial charge in [-0.25, -0.2) is 4.79 Å². The van der Waals surface area contributed by atoms with Crippen LogP contribution in [-0.4, -0.2) is 32.0 Å². The Labute approximate surface area is 142 Å². The summed E-state index contributed by atoms with van der Waals surface area (Å²) in [6.45, 7) is 6.50. The lowest BCUT2D eigenvalue weighted by molar-refractivity contribution is -0.120. The van der Waals surface area contributed by atoms with E-state index in [2.05, 4.69) is 15.5 Å². The zero-order chi connectivity index (χ0) is 17.0. The third-order valence-corrected chi connectivity index (χ3v) is 5.51. The second-order valence-corrected chi connectivity index (χ2v) is 7.22. The normalized spacial score (nSPS) is 12.3. The number of amides is 3. The highest BCUT2D eigenvalue weighted by Gasteiger charge is 2.27. The second kappa shape index (κ2) is 7.60. The van der Waals surface area contributed by atoms with Crippen molar-refractivity contribution in [2.45, 2.75) is 37.7 Å². The van der Waals surface area contributed by atoms with Gasteiger partial charge >= 0.3 is 6.03 Å². The fourth-order valence-corrected chi connectivity index (χ4v) is 3.86. The molecular formula is C14H19N5O2S2. The Morgan fingerprint density at radius 1 is 1.43 bits per heavy atom. The summed E-state index contributed by atoms with van der Waals surface area (Å²) in [5, 5.41) is 12.7. The van der Waals surface area contributed by atoms with Gasteiger partial charge in [0.15, 0.2) is 11.0 Å². The highest BCUT2D eigenvalue weighted by molar-refractivity contribution is 8.00. The lowest BCUT2D eigenvalue weighted by Gasteiger charge is -2.18. The number of thioether (sulfide) groups is 1. The van der Waals surface area contributed by atoms with Gasteiger partial charge in [-0.3, -0.25) is 10.1 Å². The fourth-order valence-electron chi connectivity index (χ4n) is 2.05. The first-order chi connectivity index (χ1) is 10.9. The van der Waals surface area contributed by atoms with E-state index in [0.29, 0.717) is 11.7 Å². The highest BCUT2D eigenvalue weighted by atomic mass is 32.2. The molecule has 3 amide bonds. The number of nitrogens with one attached hydrogen (secondary N) is 1.